The molecule has 0 saturated carbocycles. The van der Waals surface area contributed by atoms with E-state index >= 15 is 0 Å². The molecule has 2 aliphatic heterocycles. The standard InChI is InChI=1S/C13H26N2/c1-2-9-15(10-3-1)11-5-7-13-6-4-8-14-12-13/h13-14H,1-12H2. The van der Waals surface area contributed by atoms with Crippen molar-refractivity contribution in [3.63, 3.8) is 0 Å². The Morgan fingerprint density at radius 1 is 1.07 bits per heavy atom. The zero-order valence-electron chi connectivity index (χ0n) is 10.0. The zero-order valence-corrected chi connectivity index (χ0v) is 10.0. The number of hydrogen-bond donors (Lipinski definition) is 1. The maximum Gasteiger partial charge on any atom is -0.00186 e. The molecule has 1 unspecified atom stereocenters. The second-order valence-electron chi connectivity index (χ2n) is 5.26. The van der Waals surface area contributed by atoms with Crippen molar-refractivity contribution in [3.05, 3.63) is 0 Å². The molecule has 15 heavy (non-hydrogen) atoms. The van der Waals surface area contributed by atoms with Crippen LogP contribution in [0.15, 0.2) is 0 Å². The summed E-state index contributed by atoms with van der Waals surface area (Å²) in [6.07, 6.45) is 10.1. The van der Waals surface area contributed by atoms with Gasteiger partial charge in [0.25, 0.3) is 0 Å². The minimum atomic E-state index is 0.976. The Labute approximate surface area is 94.4 Å². The van der Waals surface area contributed by atoms with E-state index in [2.05, 4.69) is 10.2 Å². The smallest absolute Gasteiger partial charge is 0.00186 e. The van der Waals surface area contributed by atoms with Gasteiger partial charge < -0.3 is 10.2 Å². The van der Waals surface area contributed by atoms with Crippen LogP contribution in [0.3, 0.4) is 0 Å². The van der Waals surface area contributed by atoms with Gasteiger partial charge in [0.05, 0.1) is 0 Å². The molecule has 2 saturated heterocycles. The molecule has 2 heteroatoms. The van der Waals surface area contributed by atoms with Crippen molar-refractivity contribution in [1.82, 2.24) is 10.2 Å². The fourth-order valence-corrected chi connectivity index (χ4v) is 2.96. The van der Waals surface area contributed by atoms with E-state index in [9.17, 15) is 0 Å². The molecule has 0 aromatic rings. The van der Waals surface area contributed by atoms with E-state index in [1.165, 1.54) is 77.7 Å². The highest BCUT2D eigenvalue weighted by Gasteiger charge is 2.14. The van der Waals surface area contributed by atoms with Gasteiger partial charge in [-0.05, 0) is 77.2 Å². The maximum absolute atomic E-state index is 3.51. The Balaban J connectivity index is 1.53. The molecule has 0 radical (unpaired) electrons. The number of nitrogens with one attached hydrogen (secondary N) is 1. The van der Waals surface area contributed by atoms with Gasteiger partial charge in [-0.2, -0.15) is 0 Å². The first kappa shape index (κ1) is 11.4. The number of rotatable bonds is 4. The molecule has 0 bridgehead atoms. The van der Waals surface area contributed by atoms with Crippen molar-refractivity contribution >= 4 is 0 Å². The SMILES string of the molecule is C1CCN(CCCC2CCCNC2)CC1. The molecule has 2 rings (SSSR count). The second kappa shape index (κ2) is 6.49. The Morgan fingerprint density at radius 3 is 2.67 bits per heavy atom. The summed E-state index contributed by atoms with van der Waals surface area (Å²) < 4.78 is 0. The van der Waals surface area contributed by atoms with Crippen LogP contribution in [-0.2, 0) is 0 Å². The first-order valence-electron chi connectivity index (χ1n) is 6.88. The first-order chi connectivity index (χ1) is 7.45. The summed E-state index contributed by atoms with van der Waals surface area (Å²) in [4.78, 5) is 2.67. The Morgan fingerprint density at radius 2 is 1.93 bits per heavy atom. The number of nitrogens with zero attached hydrogens (tertiary/aromatic N) is 1. The van der Waals surface area contributed by atoms with Crippen molar-refractivity contribution < 1.29 is 0 Å². The monoisotopic (exact) mass is 210 g/mol. The van der Waals surface area contributed by atoms with E-state index in [0.29, 0.717) is 0 Å². The van der Waals surface area contributed by atoms with Crippen LogP contribution in [-0.4, -0.2) is 37.6 Å². The molecular formula is C13H26N2. The Bertz CT molecular complexity index is 140. The van der Waals surface area contributed by atoms with E-state index in [0.717, 1.165) is 5.92 Å². The quantitative estimate of drug-likeness (QED) is 0.765. The highest BCUT2D eigenvalue weighted by Crippen LogP contribution is 2.17. The topological polar surface area (TPSA) is 15.3 Å². The van der Waals surface area contributed by atoms with Gasteiger partial charge in [0.2, 0.25) is 0 Å². The van der Waals surface area contributed by atoms with Crippen LogP contribution < -0.4 is 5.32 Å². The number of hydrogen-bond acceptors (Lipinski definition) is 2. The molecule has 1 N–H and O–H groups in total. The predicted molar refractivity (Wildman–Crippen MR) is 65.1 cm³/mol. The second-order valence-corrected chi connectivity index (χ2v) is 5.26. The van der Waals surface area contributed by atoms with Gasteiger partial charge >= 0.3 is 0 Å². The lowest BCUT2D eigenvalue weighted by molar-refractivity contribution is 0.216. The molecule has 0 aliphatic carbocycles. The molecule has 88 valence electrons. The molecule has 2 heterocycles. The fourth-order valence-electron chi connectivity index (χ4n) is 2.96. The fraction of sp³-hybridized carbons (Fsp3) is 1.00. The maximum atomic E-state index is 3.51. The van der Waals surface area contributed by atoms with Crippen molar-refractivity contribution in [2.75, 3.05) is 32.7 Å². The minimum absolute atomic E-state index is 0.976. The Hall–Kier alpha value is -0.0800. The third-order valence-corrected chi connectivity index (χ3v) is 3.93. The summed E-state index contributed by atoms with van der Waals surface area (Å²) in [5, 5.41) is 3.51. The number of piperidine rings is 2. The third-order valence-electron chi connectivity index (χ3n) is 3.93. The predicted octanol–water partition coefficient (Wildman–Crippen LogP) is 2.25. The lowest BCUT2D eigenvalue weighted by Crippen LogP contribution is -2.32. The summed E-state index contributed by atoms with van der Waals surface area (Å²) in [5.41, 5.74) is 0. The van der Waals surface area contributed by atoms with Gasteiger partial charge in [-0.1, -0.05) is 6.42 Å². The molecule has 0 aromatic heterocycles. The summed E-state index contributed by atoms with van der Waals surface area (Å²) in [5.74, 6) is 0.976. The normalized spacial score (nSPS) is 29.2. The van der Waals surface area contributed by atoms with Crippen LogP contribution >= 0.6 is 0 Å². The molecule has 2 nitrogen and oxygen atoms in total. The van der Waals surface area contributed by atoms with Crippen molar-refractivity contribution in [2.24, 2.45) is 5.92 Å². The van der Waals surface area contributed by atoms with Crippen LogP contribution in [0.4, 0.5) is 0 Å². The summed E-state index contributed by atoms with van der Waals surface area (Å²) in [6, 6.07) is 0. The molecule has 2 fully saturated rings. The average Bonchev–Trinajstić information content (AvgIpc) is 2.32. The van der Waals surface area contributed by atoms with Crippen LogP contribution in [0.2, 0.25) is 0 Å². The third kappa shape index (κ3) is 4.12. The van der Waals surface area contributed by atoms with Gasteiger partial charge in [-0.3, -0.25) is 0 Å². The van der Waals surface area contributed by atoms with Crippen molar-refractivity contribution in [2.45, 2.75) is 44.9 Å². The van der Waals surface area contributed by atoms with Gasteiger partial charge in [0.15, 0.2) is 0 Å². The highest BCUT2D eigenvalue weighted by molar-refractivity contribution is 4.70. The van der Waals surface area contributed by atoms with Gasteiger partial charge in [0.1, 0.15) is 0 Å². The summed E-state index contributed by atoms with van der Waals surface area (Å²) in [6.45, 7) is 6.62. The molecule has 1 atom stereocenters. The molecule has 0 aromatic carbocycles. The molecular weight excluding hydrogens is 184 g/mol. The van der Waals surface area contributed by atoms with Crippen LogP contribution in [0.5, 0.6) is 0 Å². The number of likely N-dealkylation sites (tertiary alicyclic amines) is 1. The van der Waals surface area contributed by atoms with Crippen LogP contribution in [0.25, 0.3) is 0 Å². The molecule has 0 amide bonds. The van der Waals surface area contributed by atoms with Gasteiger partial charge in [-0.25, -0.2) is 0 Å². The summed E-state index contributed by atoms with van der Waals surface area (Å²) in [7, 11) is 0. The van der Waals surface area contributed by atoms with E-state index < -0.39 is 0 Å². The van der Waals surface area contributed by atoms with E-state index in [1.807, 2.05) is 0 Å². The van der Waals surface area contributed by atoms with E-state index in [1.54, 1.807) is 0 Å². The lowest BCUT2D eigenvalue weighted by Gasteiger charge is -2.28. The van der Waals surface area contributed by atoms with Gasteiger partial charge in [-0.15, -0.1) is 0 Å². The van der Waals surface area contributed by atoms with Gasteiger partial charge in [0, 0.05) is 0 Å². The Kier molecular flexibility index (Phi) is 4.94. The average molecular weight is 210 g/mol. The largest absolute Gasteiger partial charge is 0.316 e. The van der Waals surface area contributed by atoms with Crippen molar-refractivity contribution in [1.29, 1.82) is 0 Å². The zero-order chi connectivity index (χ0) is 10.3. The lowest BCUT2D eigenvalue weighted by atomic mass is 9.94. The molecule has 2 aliphatic rings. The minimum Gasteiger partial charge on any atom is -0.316 e. The first-order valence-corrected chi connectivity index (χ1v) is 6.88. The van der Waals surface area contributed by atoms with Crippen LogP contribution in [0, 0.1) is 5.92 Å². The highest BCUT2D eigenvalue weighted by atomic mass is 15.1. The van der Waals surface area contributed by atoms with Crippen LogP contribution in [0.1, 0.15) is 44.9 Å². The van der Waals surface area contributed by atoms with E-state index in [-0.39, 0.29) is 0 Å². The summed E-state index contributed by atoms with van der Waals surface area (Å²) >= 11 is 0. The van der Waals surface area contributed by atoms with E-state index in [4.69, 9.17) is 0 Å². The van der Waals surface area contributed by atoms with Crippen molar-refractivity contribution in [3.8, 4) is 0 Å². The molecule has 0 spiro atoms.